The van der Waals surface area contributed by atoms with Crippen molar-refractivity contribution in [1.82, 2.24) is 0 Å². The molecule has 106 valence electrons. The first kappa shape index (κ1) is 16.9. The molecule has 1 atom stereocenters. The highest BCUT2D eigenvalue weighted by molar-refractivity contribution is 5.85. The van der Waals surface area contributed by atoms with Crippen LogP contribution in [0.25, 0.3) is 0 Å². The summed E-state index contributed by atoms with van der Waals surface area (Å²) in [5.74, 6) is -2.16. The highest BCUT2D eigenvalue weighted by atomic mass is 16.5. The molecular formula is C13H24O5. The van der Waals surface area contributed by atoms with E-state index in [1.807, 2.05) is 27.7 Å². The van der Waals surface area contributed by atoms with Crippen LogP contribution in [0.1, 0.15) is 40.5 Å². The summed E-state index contributed by atoms with van der Waals surface area (Å²) >= 11 is 0. The highest BCUT2D eigenvalue weighted by Crippen LogP contribution is 2.39. The maximum absolute atomic E-state index is 11.7. The van der Waals surface area contributed by atoms with Gasteiger partial charge in [0.1, 0.15) is 5.41 Å². The minimum atomic E-state index is -1.37. The Morgan fingerprint density at radius 3 is 1.61 bits per heavy atom. The van der Waals surface area contributed by atoms with Crippen LogP contribution in [0.4, 0.5) is 0 Å². The van der Waals surface area contributed by atoms with Crippen LogP contribution in [-0.4, -0.2) is 35.4 Å². The van der Waals surface area contributed by atoms with Crippen molar-refractivity contribution in [3.8, 4) is 0 Å². The summed E-state index contributed by atoms with van der Waals surface area (Å²) in [5, 5.41) is 18.7. The van der Waals surface area contributed by atoms with E-state index >= 15 is 0 Å². The Kier molecular flexibility index (Phi) is 6.32. The fourth-order valence-corrected chi connectivity index (χ4v) is 2.60. The molecule has 0 saturated carbocycles. The highest BCUT2D eigenvalue weighted by Gasteiger charge is 2.50. The van der Waals surface area contributed by atoms with E-state index in [0.717, 1.165) is 0 Å². The van der Waals surface area contributed by atoms with Crippen LogP contribution in [0.5, 0.6) is 0 Å². The van der Waals surface area contributed by atoms with Gasteiger partial charge in [0.2, 0.25) is 0 Å². The number of hydrogen-bond acceptors (Lipinski definition) is 3. The first-order chi connectivity index (χ1) is 8.17. The quantitative estimate of drug-likeness (QED) is 0.699. The number of carboxylic acids is 2. The Morgan fingerprint density at radius 2 is 1.44 bits per heavy atom. The lowest BCUT2D eigenvalue weighted by Crippen LogP contribution is -2.49. The molecule has 2 N–H and O–H groups in total. The molecule has 0 aromatic carbocycles. The van der Waals surface area contributed by atoms with Gasteiger partial charge in [-0.3, -0.25) is 4.79 Å². The average Bonchev–Trinajstić information content (AvgIpc) is 2.14. The van der Waals surface area contributed by atoms with E-state index in [-0.39, 0.29) is 24.7 Å². The smallest absolute Gasteiger partial charge is 0.334 e. The summed E-state index contributed by atoms with van der Waals surface area (Å²) in [6.07, 6.45) is -0.754. The van der Waals surface area contributed by atoms with Crippen LogP contribution in [0, 0.1) is 17.3 Å². The molecule has 0 bridgehead atoms. The molecule has 5 nitrogen and oxygen atoms in total. The van der Waals surface area contributed by atoms with Gasteiger partial charge in [-0.25, -0.2) is 4.79 Å². The van der Waals surface area contributed by atoms with Gasteiger partial charge in [0.15, 0.2) is 6.10 Å². The SMILES string of the molecule is COC(C(=O)O)C(CC(C)C)(CC(C)C)C(=O)O. The van der Waals surface area contributed by atoms with Gasteiger partial charge in [-0.15, -0.1) is 0 Å². The lowest BCUT2D eigenvalue weighted by atomic mass is 9.70. The first-order valence-corrected chi connectivity index (χ1v) is 6.16. The normalized spacial score (nSPS) is 13.9. The topological polar surface area (TPSA) is 83.8 Å². The summed E-state index contributed by atoms with van der Waals surface area (Å²) in [4.78, 5) is 22.9. The standard InChI is InChI=1S/C13H24O5/c1-8(2)6-13(12(16)17,7-9(3)4)10(18-5)11(14)15/h8-10H,6-7H2,1-5H3,(H,14,15)(H,16,17). The maximum Gasteiger partial charge on any atom is 0.334 e. The molecule has 0 rings (SSSR count). The van der Waals surface area contributed by atoms with Gasteiger partial charge in [-0.1, -0.05) is 27.7 Å². The van der Waals surface area contributed by atoms with Crippen molar-refractivity contribution in [1.29, 1.82) is 0 Å². The number of hydrogen-bond donors (Lipinski definition) is 2. The number of carboxylic acid groups (broad SMARTS) is 2. The van der Waals surface area contributed by atoms with E-state index in [4.69, 9.17) is 4.74 Å². The molecule has 0 aliphatic rings. The molecule has 0 amide bonds. The molecule has 0 saturated heterocycles. The molecule has 0 aliphatic heterocycles. The molecule has 0 aliphatic carbocycles. The Hall–Kier alpha value is -1.10. The number of ether oxygens (including phenoxy) is 1. The largest absolute Gasteiger partial charge is 0.481 e. The predicted molar refractivity (Wildman–Crippen MR) is 67.4 cm³/mol. The van der Waals surface area contributed by atoms with Crippen molar-refractivity contribution in [2.24, 2.45) is 17.3 Å². The van der Waals surface area contributed by atoms with Gasteiger partial charge in [0.25, 0.3) is 0 Å². The molecule has 0 aromatic rings. The Bertz CT molecular complexity index is 286. The van der Waals surface area contributed by atoms with E-state index in [2.05, 4.69) is 0 Å². The van der Waals surface area contributed by atoms with Crippen molar-refractivity contribution in [3.63, 3.8) is 0 Å². The van der Waals surface area contributed by atoms with Crippen molar-refractivity contribution in [2.75, 3.05) is 7.11 Å². The second-order valence-corrected chi connectivity index (χ2v) is 5.61. The third-order valence-electron chi connectivity index (χ3n) is 2.93. The van der Waals surface area contributed by atoms with E-state index in [1.54, 1.807) is 0 Å². The summed E-state index contributed by atoms with van der Waals surface area (Å²) < 4.78 is 4.96. The third-order valence-corrected chi connectivity index (χ3v) is 2.93. The molecule has 18 heavy (non-hydrogen) atoms. The third kappa shape index (κ3) is 3.98. The monoisotopic (exact) mass is 260 g/mol. The Balaban J connectivity index is 5.56. The van der Waals surface area contributed by atoms with Gasteiger partial charge < -0.3 is 14.9 Å². The van der Waals surface area contributed by atoms with Crippen molar-refractivity contribution >= 4 is 11.9 Å². The summed E-state index contributed by atoms with van der Waals surface area (Å²) in [6, 6.07) is 0. The van der Waals surface area contributed by atoms with E-state index in [0.29, 0.717) is 0 Å². The van der Waals surface area contributed by atoms with Crippen LogP contribution in [0.2, 0.25) is 0 Å². The molecule has 5 heteroatoms. The zero-order valence-electron chi connectivity index (χ0n) is 11.8. The Labute approximate surface area is 108 Å². The van der Waals surface area contributed by atoms with Gasteiger partial charge >= 0.3 is 11.9 Å². The zero-order chi connectivity index (χ0) is 14.5. The number of methoxy groups -OCH3 is 1. The van der Waals surface area contributed by atoms with Gasteiger partial charge in [-0.2, -0.15) is 0 Å². The minimum absolute atomic E-state index is 0.0804. The second-order valence-electron chi connectivity index (χ2n) is 5.61. The number of rotatable bonds is 8. The summed E-state index contributed by atoms with van der Waals surface area (Å²) in [6.45, 7) is 7.53. The molecule has 0 spiro atoms. The maximum atomic E-state index is 11.7. The minimum Gasteiger partial charge on any atom is -0.481 e. The van der Waals surface area contributed by atoms with Crippen molar-refractivity contribution in [2.45, 2.75) is 46.6 Å². The van der Waals surface area contributed by atoms with Crippen LogP contribution in [-0.2, 0) is 14.3 Å². The summed E-state index contributed by atoms with van der Waals surface area (Å²) in [7, 11) is 1.25. The molecular weight excluding hydrogens is 236 g/mol. The Morgan fingerprint density at radius 1 is 1.06 bits per heavy atom. The zero-order valence-corrected chi connectivity index (χ0v) is 11.8. The number of aliphatic carboxylic acids is 2. The lowest BCUT2D eigenvalue weighted by molar-refractivity contribution is -0.176. The number of carbonyl (C=O) groups is 2. The second kappa shape index (κ2) is 6.73. The molecule has 0 fully saturated rings. The van der Waals surface area contributed by atoms with Crippen LogP contribution < -0.4 is 0 Å². The fourth-order valence-electron chi connectivity index (χ4n) is 2.60. The fraction of sp³-hybridized carbons (Fsp3) is 0.846. The molecule has 1 unspecified atom stereocenters. The predicted octanol–water partition coefficient (Wildman–Crippen LogP) is 2.25. The van der Waals surface area contributed by atoms with Crippen molar-refractivity contribution in [3.05, 3.63) is 0 Å². The van der Waals surface area contributed by atoms with Gasteiger partial charge in [0.05, 0.1) is 0 Å². The summed E-state index contributed by atoms with van der Waals surface area (Å²) in [5.41, 5.74) is -1.37. The average molecular weight is 260 g/mol. The first-order valence-electron chi connectivity index (χ1n) is 6.16. The van der Waals surface area contributed by atoms with Crippen LogP contribution >= 0.6 is 0 Å². The molecule has 0 aromatic heterocycles. The van der Waals surface area contributed by atoms with Gasteiger partial charge in [0, 0.05) is 7.11 Å². The van der Waals surface area contributed by atoms with E-state index in [9.17, 15) is 19.8 Å². The van der Waals surface area contributed by atoms with E-state index in [1.165, 1.54) is 7.11 Å². The lowest BCUT2D eigenvalue weighted by Gasteiger charge is -2.36. The molecule has 0 heterocycles. The van der Waals surface area contributed by atoms with Gasteiger partial charge in [-0.05, 0) is 24.7 Å². The van der Waals surface area contributed by atoms with Crippen molar-refractivity contribution < 1.29 is 24.5 Å². The van der Waals surface area contributed by atoms with E-state index < -0.39 is 23.5 Å². The van der Waals surface area contributed by atoms with Crippen LogP contribution in [0.15, 0.2) is 0 Å². The van der Waals surface area contributed by atoms with Crippen LogP contribution in [0.3, 0.4) is 0 Å². The molecule has 0 radical (unpaired) electrons.